The Bertz CT molecular complexity index is 186. The van der Waals surface area contributed by atoms with E-state index in [0.717, 1.165) is 0 Å². The molecular weight excluding hydrogens is 242 g/mol. The molecule has 1 heteroatoms. The number of unbranched alkanes of at least 4 members (excludes halogenated alkanes) is 13. The zero-order valence-corrected chi connectivity index (χ0v) is 14.2. The predicted molar refractivity (Wildman–Crippen MR) is 91.4 cm³/mol. The Balaban J connectivity index is 1.62. The van der Waals surface area contributed by atoms with Crippen LogP contribution in [0.25, 0.3) is 0 Å². The van der Waals surface area contributed by atoms with Gasteiger partial charge < -0.3 is 4.90 Å². The second-order valence-electron chi connectivity index (χ2n) is 6.79. The van der Waals surface area contributed by atoms with Crippen LogP contribution >= 0.6 is 0 Å². The van der Waals surface area contributed by atoms with Gasteiger partial charge in [0.25, 0.3) is 0 Å². The van der Waals surface area contributed by atoms with Crippen LogP contribution < -0.4 is 0 Å². The third-order valence-electron chi connectivity index (χ3n) is 4.78. The van der Waals surface area contributed by atoms with Crippen LogP contribution in [0.3, 0.4) is 0 Å². The monoisotopic (exact) mass is 281 g/mol. The first-order chi connectivity index (χ1) is 9.93. The minimum absolute atomic E-state index is 1.37. The Hall–Kier alpha value is -0.0400. The van der Waals surface area contributed by atoms with Crippen molar-refractivity contribution in [3.8, 4) is 0 Å². The summed E-state index contributed by atoms with van der Waals surface area (Å²) in [6.45, 7) is 6.42. The number of hydrogen-bond acceptors (Lipinski definition) is 1. The van der Waals surface area contributed by atoms with Crippen molar-refractivity contribution in [2.45, 2.75) is 103 Å². The molecule has 0 spiro atoms. The predicted octanol–water partition coefficient (Wildman–Crippen LogP) is 6.17. The molecule has 0 unspecified atom stereocenters. The molecule has 0 saturated carbocycles. The molecule has 1 rings (SSSR count). The van der Waals surface area contributed by atoms with Gasteiger partial charge in [-0.3, -0.25) is 0 Å². The smallest absolute Gasteiger partial charge is 0.000654 e. The van der Waals surface area contributed by atoms with Gasteiger partial charge in [-0.25, -0.2) is 0 Å². The number of hydrogen-bond donors (Lipinski definition) is 0. The molecular formula is C19H39N. The molecule has 120 valence electrons. The maximum atomic E-state index is 2.60. The summed E-state index contributed by atoms with van der Waals surface area (Å²) >= 11 is 0. The Morgan fingerprint density at radius 1 is 0.550 bits per heavy atom. The largest absolute Gasteiger partial charge is 0.303 e. The second-order valence-corrected chi connectivity index (χ2v) is 6.79. The topological polar surface area (TPSA) is 3.24 Å². The minimum Gasteiger partial charge on any atom is -0.303 e. The summed E-state index contributed by atoms with van der Waals surface area (Å²) in [5.74, 6) is 0. The summed E-state index contributed by atoms with van der Waals surface area (Å²) < 4.78 is 0. The van der Waals surface area contributed by atoms with E-state index in [1.165, 1.54) is 116 Å². The quantitative estimate of drug-likeness (QED) is 0.324. The van der Waals surface area contributed by atoms with Gasteiger partial charge in [0.2, 0.25) is 0 Å². The highest BCUT2D eigenvalue weighted by Gasteiger charge is 2.11. The minimum atomic E-state index is 1.37. The van der Waals surface area contributed by atoms with Crippen LogP contribution in [0.2, 0.25) is 0 Å². The van der Waals surface area contributed by atoms with Crippen LogP contribution in [0.15, 0.2) is 0 Å². The first-order valence-electron chi connectivity index (χ1n) is 9.66. The maximum absolute atomic E-state index is 2.60. The molecule has 0 aliphatic carbocycles. The van der Waals surface area contributed by atoms with Crippen molar-refractivity contribution in [2.75, 3.05) is 19.6 Å². The van der Waals surface area contributed by atoms with Gasteiger partial charge in [-0.05, 0) is 32.5 Å². The summed E-state index contributed by atoms with van der Waals surface area (Å²) in [6, 6.07) is 0. The van der Waals surface area contributed by atoms with Gasteiger partial charge >= 0.3 is 0 Å². The number of rotatable bonds is 15. The standard InChI is InChI=1S/C19H39N/c1-2-3-4-5-6-7-8-9-10-11-12-13-14-15-17-20-18-16-19-20/h2-19H2,1H3. The molecule has 0 aromatic rings. The Kier molecular flexibility index (Phi) is 12.5. The van der Waals surface area contributed by atoms with Crippen LogP contribution in [0, 0.1) is 0 Å². The molecule has 1 nitrogen and oxygen atoms in total. The van der Waals surface area contributed by atoms with E-state index < -0.39 is 0 Å². The summed E-state index contributed by atoms with van der Waals surface area (Å²) in [4.78, 5) is 2.60. The second kappa shape index (κ2) is 13.9. The molecule has 0 atom stereocenters. The molecule has 0 aromatic carbocycles. The summed E-state index contributed by atoms with van der Waals surface area (Å²) in [6.07, 6.45) is 22.0. The zero-order chi connectivity index (χ0) is 14.3. The van der Waals surface area contributed by atoms with E-state index in [1.807, 2.05) is 0 Å². The van der Waals surface area contributed by atoms with Gasteiger partial charge in [0.05, 0.1) is 0 Å². The molecule has 1 heterocycles. The molecule has 1 saturated heterocycles. The first-order valence-corrected chi connectivity index (χ1v) is 9.66. The van der Waals surface area contributed by atoms with Crippen molar-refractivity contribution < 1.29 is 0 Å². The Morgan fingerprint density at radius 2 is 0.950 bits per heavy atom. The van der Waals surface area contributed by atoms with Gasteiger partial charge in [0, 0.05) is 0 Å². The lowest BCUT2D eigenvalue weighted by Crippen LogP contribution is -2.37. The van der Waals surface area contributed by atoms with E-state index >= 15 is 0 Å². The van der Waals surface area contributed by atoms with E-state index in [0.29, 0.717) is 0 Å². The molecule has 0 aromatic heterocycles. The molecule has 20 heavy (non-hydrogen) atoms. The lowest BCUT2D eigenvalue weighted by atomic mass is 10.0. The first kappa shape index (κ1) is 18.0. The fraction of sp³-hybridized carbons (Fsp3) is 1.00. The average molecular weight is 282 g/mol. The maximum Gasteiger partial charge on any atom is -0.000654 e. The highest BCUT2D eigenvalue weighted by Crippen LogP contribution is 2.13. The van der Waals surface area contributed by atoms with Gasteiger partial charge in [0.15, 0.2) is 0 Å². The van der Waals surface area contributed by atoms with Gasteiger partial charge in [0.1, 0.15) is 0 Å². The van der Waals surface area contributed by atoms with E-state index in [2.05, 4.69) is 11.8 Å². The normalized spacial score (nSPS) is 15.4. The fourth-order valence-corrected chi connectivity index (χ4v) is 3.14. The third kappa shape index (κ3) is 10.7. The van der Waals surface area contributed by atoms with Crippen LogP contribution in [-0.2, 0) is 0 Å². The van der Waals surface area contributed by atoms with E-state index in [-0.39, 0.29) is 0 Å². The van der Waals surface area contributed by atoms with E-state index in [4.69, 9.17) is 0 Å². The highest BCUT2D eigenvalue weighted by atomic mass is 15.2. The van der Waals surface area contributed by atoms with Gasteiger partial charge in [-0.2, -0.15) is 0 Å². The van der Waals surface area contributed by atoms with Crippen molar-refractivity contribution in [1.29, 1.82) is 0 Å². The summed E-state index contributed by atoms with van der Waals surface area (Å²) in [7, 11) is 0. The van der Waals surface area contributed by atoms with Crippen molar-refractivity contribution >= 4 is 0 Å². The van der Waals surface area contributed by atoms with Crippen LogP contribution in [-0.4, -0.2) is 24.5 Å². The van der Waals surface area contributed by atoms with Crippen molar-refractivity contribution in [1.82, 2.24) is 4.90 Å². The molecule has 1 aliphatic rings. The molecule has 0 N–H and O–H groups in total. The number of likely N-dealkylation sites (tertiary alicyclic amines) is 1. The highest BCUT2D eigenvalue weighted by molar-refractivity contribution is 4.67. The SMILES string of the molecule is CCCCCCCCCCCCCCCCN1CCC1. The van der Waals surface area contributed by atoms with Gasteiger partial charge in [-0.15, -0.1) is 0 Å². The molecule has 1 aliphatic heterocycles. The van der Waals surface area contributed by atoms with Gasteiger partial charge in [-0.1, -0.05) is 90.4 Å². The number of nitrogens with zero attached hydrogens (tertiary/aromatic N) is 1. The van der Waals surface area contributed by atoms with Crippen molar-refractivity contribution in [3.05, 3.63) is 0 Å². The van der Waals surface area contributed by atoms with Crippen LogP contribution in [0.4, 0.5) is 0 Å². The molecule has 0 bridgehead atoms. The van der Waals surface area contributed by atoms with Crippen LogP contribution in [0.5, 0.6) is 0 Å². The molecule has 1 fully saturated rings. The fourth-order valence-electron chi connectivity index (χ4n) is 3.14. The Labute approximate surface area is 128 Å². The van der Waals surface area contributed by atoms with E-state index in [1.54, 1.807) is 0 Å². The van der Waals surface area contributed by atoms with E-state index in [9.17, 15) is 0 Å². The Morgan fingerprint density at radius 3 is 1.30 bits per heavy atom. The lowest BCUT2D eigenvalue weighted by molar-refractivity contribution is 0.177. The van der Waals surface area contributed by atoms with Crippen molar-refractivity contribution in [2.24, 2.45) is 0 Å². The average Bonchev–Trinajstić information content (AvgIpc) is 2.41. The lowest BCUT2D eigenvalue weighted by Gasteiger charge is -2.30. The third-order valence-corrected chi connectivity index (χ3v) is 4.78. The summed E-state index contributed by atoms with van der Waals surface area (Å²) in [5.41, 5.74) is 0. The molecule has 0 radical (unpaired) electrons. The molecule has 0 amide bonds. The zero-order valence-electron chi connectivity index (χ0n) is 14.2. The van der Waals surface area contributed by atoms with Crippen LogP contribution in [0.1, 0.15) is 103 Å². The van der Waals surface area contributed by atoms with Crippen molar-refractivity contribution in [3.63, 3.8) is 0 Å². The summed E-state index contributed by atoms with van der Waals surface area (Å²) in [5, 5.41) is 0.